The van der Waals surface area contributed by atoms with Crippen molar-refractivity contribution in [3.8, 4) is 11.6 Å². The molecule has 6 aromatic carbocycles. The van der Waals surface area contributed by atoms with Gasteiger partial charge >= 0.3 is 5.97 Å². The Morgan fingerprint density at radius 3 is 1.64 bits per heavy atom. The third-order valence-corrected chi connectivity index (χ3v) is 11.5. The molecule has 0 spiro atoms. The molecule has 1 aliphatic heterocycles. The van der Waals surface area contributed by atoms with Crippen molar-refractivity contribution in [3.63, 3.8) is 0 Å². The summed E-state index contributed by atoms with van der Waals surface area (Å²) in [6.45, 7) is 6.90. The van der Waals surface area contributed by atoms with Crippen LogP contribution in [-0.4, -0.2) is 51.9 Å². The van der Waals surface area contributed by atoms with Gasteiger partial charge in [0.2, 0.25) is 5.88 Å². The van der Waals surface area contributed by atoms with Crippen LogP contribution in [0.4, 0.5) is 4.39 Å². The van der Waals surface area contributed by atoms with Gasteiger partial charge in [-0.2, -0.15) is 0 Å². The molecule has 0 amide bonds. The summed E-state index contributed by atoms with van der Waals surface area (Å²) in [5.74, 6) is -2.53. The molecule has 8 rings (SSSR count). The standard InChI is InChI=1S/C55H57FN2O8/c1-39(2)58-40(3)48(31-46-29-30-47(32-49(46)56)61-34-42-21-11-5-12-22-42)54(57-58)66-55(59)53(64-37-45-27-17-8-18-28-45)52(63-36-44-25-15-7-16-26-44)51(62-35-43-23-13-6-14-24-43)50(65-55)38-60-33-41-19-9-4-10-20-41/h4-30,32,39,50-53,59H,31,33-38H2,1-3H3/t50-,51-,52+,53-,55-/m1/s1. The summed E-state index contributed by atoms with van der Waals surface area (Å²) in [5.41, 5.74) is 6.30. The van der Waals surface area contributed by atoms with E-state index in [4.69, 9.17) is 38.3 Å². The van der Waals surface area contributed by atoms with E-state index in [9.17, 15) is 5.11 Å². The molecule has 66 heavy (non-hydrogen) atoms. The van der Waals surface area contributed by atoms with Crippen molar-refractivity contribution < 1.29 is 42.7 Å². The second kappa shape index (κ2) is 22.3. The number of hydrogen-bond acceptors (Lipinski definition) is 9. The molecule has 1 aromatic heterocycles. The number of rotatable bonds is 21. The fourth-order valence-corrected chi connectivity index (χ4v) is 8.04. The van der Waals surface area contributed by atoms with Crippen molar-refractivity contribution in [2.75, 3.05) is 6.61 Å². The second-order valence-electron chi connectivity index (χ2n) is 16.7. The first kappa shape index (κ1) is 46.4. The number of nitrogens with zero attached hydrogens (tertiary/aromatic N) is 2. The van der Waals surface area contributed by atoms with Crippen LogP contribution in [0.15, 0.2) is 170 Å². The van der Waals surface area contributed by atoms with Gasteiger partial charge in [0, 0.05) is 29.8 Å². The molecule has 11 heteroatoms. The fraction of sp³-hybridized carbons (Fsp3) is 0.291. The largest absolute Gasteiger partial charge is 0.489 e. The molecule has 10 nitrogen and oxygen atoms in total. The normalized spacial score (nSPS) is 19.5. The predicted molar refractivity (Wildman–Crippen MR) is 249 cm³/mol. The van der Waals surface area contributed by atoms with Gasteiger partial charge in [0.1, 0.15) is 36.5 Å². The zero-order valence-corrected chi connectivity index (χ0v) is 37.6. The Labute approximate surface area is 386 Å². The van der Waals surface area contributed by atoms with Gasteiger partial charge in [-0.15, -0.1) is 5.10 Å². The number of aromatic nitrogens is 2. The van der Waals surface area contributed by atoms with Crippen LogP contribution in [0.5, 0.6) is 11.6 Å². The smallest absolute Gasteiger partial charge is 0.356 e. The number of hydrogen-bond donors (Lipinski definition) is 1. The van der Waals surface area contributed by atoms with Gasteiger partial charge in [0.15, 0.2) is 6.10 Å². The van der Waals surface area contributed by atoms with E-state index in [1.165, 1.54) is 6.07 Å². The molecule has 1 N–H and O–H groups in total. The lowest BCUT2D eigenvalue weighted by Gasteiger charge is -2.49. The first-order valence-electron chi connectivity index (χ1n) is 22.4. The zero-order valence-electron chi connectivity index (χ0n) is 37.6. The van der Waals surface area contributed by atoms with Crippen molar-refractivity contribution in [2.24, 2.45) is 0 Å². The Hall–Kier alpha value is -6.18. The van der Waals surface area contributed by atoms with Crippen LogP contribution in [-0.2, 0) is 63.1 Å². The maximum Gasteiger partial charge on any atom is 0.356 e. The summed E-state index contributed by atoms with van der Waals surface area (Å²) in [4.78, 5) is 0. The van der Waals surface area contributed by atoms with Gasteiger partial charge in [-0.1, -0.05) is 158 Å². The summed E-state index contributed by atoms with van der Waals surface area (Å²) in [7, 11) is 0. The lowest BCUT2D eigenvalue weighted by Crippen LogP contribution is -2.69. The summed E-state index contributed by atoms with van der Waals surface area (Å²) in [6.07, 6.45) is -4.00. The first-order valence-corrected chi connectivity index (χ1v) is 22.4. The molecule has 0 unspecified atom stereocenters. The monoisotopic (exact) mass is 892 g/mol. The average molecular weight is 893 g/mol. The second-order valence-corrected chi connectivity index (χ2v) is 16.7. The molecule has 0 bridgehead atoms. The molecule has 1 aliphatic rings. The molecular weight excluding hydrogens is 836 g/mol. The van der Waals surface area contributed by atoms with Crippen molar-refractivity contribution in [2.45, 2.75) is 96.7 Å². The molecular formula is C55H57FN2O8. The van der Waals surface area contributed by atoms with Crippen LogP contribution in [0.1, 0.15) is 64.5 Å². The number of aliphatic hydroxyl groups is 1. The number of halogens is 1. The molecule has 342 valence electrons. The predicted octanol–water partition coefficient (Wildman–Crippen LogP) is 10.5. The summed E-state index contributed by atoms with van der Waals surface area (Å²) in [5, 5.41) is 18.1. The third-order valence-electron chi connectivity index (χ3n) is 11.5. The number of benzene rings is 6. The van der Waals surface area contributed by atoms with E-state index in [1.54, 1.807) is 16.8 Å². The fourth-order valence-electron chi connectivity index (χ4n) is 8.04. The maximum absolute atomic E-state index is 16.1. The Morgan fingerprint density at radius 2 is 1.12 bits per heavy atom. The summed E-state index contributed by atoms with van der Waals surface area (Å²) >= 11 is 0. The van der Waals surface area contributed by atoms with Gasteiger partial charge in [-0.3, -0.25) is 4.68 Å². The van der Waals surface area contributed by atoms with E-state index in [-0.39, 0.29) is 51.4 Å². The minimum Gasteiger partial charge on any atom is -0.489 e. The maximum atomic E-state index is 16.1. The van der Waals surface area contributed by atoms with Gasteiger partial charge in [0.05, 0.1) is 33.0 Å². The van der Waals surface area contributed by atoms with Gasteiger partial charge < -0.3 is 38.3 Å². The lowest BCUT2D eigenvalue weighted by atomic mass is 9.96. The first-order chi connectivity index (χ1) is 32.2. The minimum atomic E-state index is -2.53. The minimum absolute atomic E-state index is 0.00710. The van der Waals surface area contributed by atoms with Crippen LogP contribution in [0.25, 0.3) is 0 Å². The topological polar surface area (TPSA) is 103 Å². The van der Waals surface area contributed by atoms with Crippen molar-refractivity contribution in [3.05, 3.63) is 220 Å². The highest BCUT2D eigenvalue weighted by Gasteiger charge is 2.59. The Balaban J connectivity index is 1.16. The summed E-state index contributed by atoms with van der Waals surface area (Å²) < 4.78 is 64.0. The molecule has 0 radical (unpaired) electrons. The van der Waals surface area contributed by atoms with E-state index in [2.05, 4.69) is 0 Å². The van der Waals surface area contributed by atoms with E-state index in [0.29, 0.717) is 23.5 Å². The molecule has 1 fully saturated rings. The SMILES string of the molecule is Cc1c(Cc2ccc(OCc3ccccc3)cc2F)c(O[C@]2(O)O[C@H](COCc3ccccc3)[C@@H](OCc3ccccc3)[C@H](OCc3ccccc3)[C@H]2OCc2ccccc2)nn1C(C)C. The third kappa shape index (κ3) is 12.0. The van der Waals surface area contributed by atoms with Crippen molar-refractivity contribution in [1.29, 1.82) is 0 Å². The van der Waals surface area contributed by atoms with E-state index in [1.807, 2.05) is 172 Å². The molecule has 0 saturated carbocycles. The Bertz CT molecular complexity index is 2550. The quantitative estimate of drug-likeness (QED) is 0.0707. The highest BCUT2D eigenvalue weighted by atomic mass is 19.1. The molecule has 2 heterocycles. The van der Waals surface area contributed by atoms with Gasteiger partial charge in [0.25, 0.3) is 0 Å². The average Bonchev–Trinajstić information content (AvgIpc) is 3.64. The highest BCUT2D eigenvalue weighted by Crippen LogP contribution is 2.39. The summed E-state index contributed by atoms with van der Waals surface area (Å²) in [6, 6.07) is 53.5. The zero-order chi connectivity index (χ0) is 45.7. The van der Waals surface area contributed by atoms with Crippen LogP contribution in [0.2, 0.25) is 0 Å². The van der Waals surface area contributed by atoms with Gasteiger partial charge in [-0.25, -0.2) is 4.39 Å². The number of ether oxygens (including phenoxy) is 7. The van der Waals surface area contributed by atoms with Crippen molar-refractivity contribution in [1.82, 2.24) is 9.78 Å². The van der Waals surface area contributed by atoms with E-state index in [0.717, 1.165) is 33.5 Å². The Morgan fingerprint density at radius 1 is 0.636 bits per heavy atom. The highest BCUT2D eigenvalue weighted by molar-refractivity contribution is 5.39. The molecule has 1 saturated heterocycles. The van der Waals surface area contributed by atoms with Crippen LogP contribution in [0.3, 0.4) is 0 Å². The molecule has 5 atom stereocenters. The van der Waals surface area contributed by atoms with E-state index >= 15 is 4.39 Å². The van der Waals surface area contributed by atoms with Crippen LogP contribution < -0.4 is 9.47 Å². The van der Waals surface area contributed by atoms with Crippen LogP contribution in [0, 0.1) is 12.7 Å². The molecule has 0 aliphatic carbocycles. The van der Waals surface area contributed by atoms with Crippen molar-refractivity contribution >= 4 is 0 Å². The van der Waals surface area contributed by atoms with Gasteiger partial charge in [-0.05, 0) is 60.2 Å². The van der Waals surface area contributed by atoms with E-state index < -0.39 is 36.2 Å². The Kier molecular flexibility index (Phi) is 15.7. The van der Waals surface area contributed by atoms with Crippen LogP contribution >= 0.6 is 0 Å². The molecule has 7 aromatic rings. The lowest BCUT2D eigenvalue weighted by molar-refractivity contribution is -0.436.